The summed E-state index contributed by atoms with van der Waals surface area (Å²) in [6.07, 6.45) is 0. The molecule has 0 aliphatic carbocycles. The van der Waals surface area contributed by atoms with Gasteiger partial charge in [0.2, 0.25) is 10.0 Å². The minimum Gasteiger partial charge on any atom is -0.258 e. The number of benzene rings is 1. The van der Waals surface area contributed by atoms with Crippen molar-refractivity contribution < 1.29 is 13.3 Å². The molecule has 102 valence electrons. The standard InChI is InChI=1S/C10H10BrN3O4S/c1-7(5-12)6-13-19(17,18)10-4-8(11)2-3-9(10)14(15)16/h2-4,7,13H,6H2,1H3. The minimum atomic E-state index is -4.04. The van der Waals surface area contributed by atoms with Crippen LogP contribution in [-0.4, -0.2) is 19.9 Å². The van der Waals surface area contributed by atoms with Gasteiger partial charge in [0.05, 0.1) is 16.9 Å². The van der Waals surface area contributed by atoms with Crippen molar-refractivity contribution in [3.63, 3.8) is 0 Å². The zero-order valence-corrected chi connectivity index (χ0v) is 12.2. The number of nitrogens with zero attached hydrogens (tertiary/aromatic N) is 2. The highest BCUT2D eigenvalue weighted by molar-refractivity contribution is 9.10. The van der Waals surface area contributed by atoms with E-state index in [0.29, 0.717) is 4.47 Å². The molecule has 0 aromatic heterocycles. The Morgan fingerprint density at radius 3 is 2.74 bits per heavy atom. The van der Waals surface area contributed by atoms with E-state index >= 15 is 0 Å². The maximum Gasteiger partial charge on any atom is 0.289 e. The molecule has 1 aromatic carbocycles. The molecule has 1 unspecified atom stereocenters. The second kappa shape index (κ2) is 6.10. The van der Waals surface area contributed by atoms with Crippen LogP contribution in [0, 0.1) is 27.4 Å². The number of sulfonamides is 1. The average molecular weight is 348 g/mol. The molecule has 0 bridgehead atoms. The fourth-order valence-electron chi connectivity index (χ4n) is 1.21. The molecule has 1 aromatic rings. The van der Waals surface area contributed by atoms with Gasteiger partial charge in [-0.2, -0.15) is 5.26 Å². The van der Waals surface area contributed by atoms with Crippen molar-refractivity contribution in [1.29, 1.82) is 5.26 Å². The number of hydrogen-bond donors (Lipinski definition) is 1. The largest absolute Gasteiger partial charge is 0.289 e. The highest BCUT2D eigenvalue weighted by Crippen LogP contribution is 2.27. The topological polar surface area (TPSA) is 113 Å². The van der Waals surface area contributed by atoms with Gasteiger partial charge in [0.25, 0.3) is 5.69 Å². The highest BCUT2D eigenvalue weighted by atomic mass is 79.9. The van der Waals surface area contributed by atoms with Gasteiger partial charge < -0.3 is 0 Å². The number of hydrogen-bond acceptors (Lipinski definition) is 5. The van der Waals surface area contributed by atoms with E-state index in [0.717, 1.165) is 12.1 Å². The maximum absolute atomic E-state index is 12.0. The minimum absolute atomic E-state index is 0.109. The van der Waals surface area contributed by atoms with Crippen LogP contribution in [0.3, 0.4) is 0 Å². The molecule has 0 saturated heterocycles. The number of nitro groups is 1. The zero-order valence-electron chi connectivity index (χ0n) is 9.83. The maximum atomic E-state index is 12.0. The smallest absolute Gasteiger partial charge is 0.258 e. The predicted octanol–water partition coefficient (Wildman–Crippen LogP) is 1.80. The van der Waals surface area contributed by atoms with Crippen molar-refractivity contribution in [2.45, 2.75) is 11.8 Å². The van der Waals surface area contributed by atoms with Crippen LogP contribution in [0.5, 0.6) is 0 Å². The lowest BCUT2D eigenvalue weighted by atomic mass is 10.2. The lowest BCUT2D eigenvalue weighted by molar-refractivity contribution is -0.387. The van der Waals surface area contributed by atoms with Crippen LogP contribution in [-0.2, 0) is 10.0 Å². The summed E-state index contributed by atoms with van der Waals surface area (Å²) in [6, 6.07) is 5.51. The Morgan fingerprint density at radius 2 is 2.21 bits per heavy atom. The first-order valence-corrected chi connectivity index (χ1v) is 7.38. The van der Waals surface area contributed by atoms with E-state index in [2.05, 4.69) is 20.7 Å². The summed E-state index contributed by atoms with van der Waals surface area (Å²) in [5, 5.41) is 19.4. The molecule has 0 radical (unpaired) electrons. The molecule has 7 nitrogen and oxygen atoms in total. The zero-order chi connectivity index (χ0) is 14.6. The van der Waals surface area contributed by atoms with Crippen LogP contribution in [0.25, 0.3) is 0 Å². The third-order valence-corrected chi connectivity index (χ3v) is 4.15. The Bertz CT molecular complexity index is 639. The molecule has 0 fully saturated rings. The van der Waals surface area contributed by atoms with Crippen LogP contribution < -0.4 is 4.72 Å². The van der Waals surface area contributed by atoms with E-state index in [1.807, 2.05) is 6.07 Å². The van der Waals surface area contributed by atoms with Crippen molar-refractivity contribution in [2.24, 2.45) is 5.92 Å². The van der Waals surface area contributed by atoms with E-state index in [-0.39, 0.29) is 6.54 Å². The number of nitro benzene ring substituents is 1. The molecule has 1 rings (SSSR count). The van der Waals surface area contributed by atoms with Gasteiger partial charge in [-0.1, -0.05) is 15.9 Å². The van der Waals surface area contributed by atoms with Gasteiger partial charge in [0, 0.05) is 17.1 Å². The number of halogens is 1. The van der Waals surface area contributed by atoms with Crippen LogP contribution in [0.15, 0.2) is 27.6 Å². The molecular formula is C10H10BrN3O4S. The molecule has 0 heterocycles. The Labute approximate surface area is 118 Å². The van der Waals surface area contributed by atoms with Gasteiger partial charge in [-0.05, 0) is 19.1 Å². The fraction of sp³-hybridized carbons (Fsp3) is 0.300. The van der Waals surface area contributed by atoms with Crippen LogP contribution in [0.1, 0.15) is 6.92 Å². The van der Waals surface area contributed by atoms with Crippen LogP contribution in [0.2, 0.25) is 0 Å². The van der Waals surface area contributed by atoms with Gasteiger partial charge in [0.1, 0.15) is 0 Å². The molecule has 0 aliphatic heterocycles. The summed E-state index contributed by atoms with van der Waals surface area (Å²) in [6.45, 7) is 1.43. The van der Waals surface area contributed by atoms with E-state index < -0.39 is 31.4 Å². The Morgan fingerprint density at radius 1 is 1.58 bits per heavy atom. The number of nitriles is 1. The monoisotopic (exact) mass is 347 g/mol. The molecule has 1 atom stereocenters. The molecule has 0 aliphatic rings. The van der Waals surface area contributed by atoms with E-state index in [1.54, 1.807) is 0 Å². The third kappa shape index (κ3) is 3.99. The first-order valence-electron chi connectivity index (χ1n) is 5.11. The first-order chi connectivity index (χ1) is 8.77. The Kier molecular flexibility index (Phi) is 4.99. The summed E-state index contributed by atoms with van der Waals surface area (Å²) < 4.78 is 26.6. The molecular weight excluding hydrogens is 338 g/mol. The van der Waals surface area contributed by atoms with E-state index in [4.69, 9.17) is 5.26 Å². The fourth-order valence-corrected chi connectivity index (χ4v) is 3.05. The SMILES string of the molecule is CC(C#N)CNS(=O)(=O)c1cc(Br)ccc1[N+](=O)[O-]. The Balaban J connectivity index is 3.17. The first kappa shape index (κ1) is 15.6. The summed E-state index contributed by atoms with van der Waals surface area (Å²) in [5.74, 6) is -0.527. The second-order valence-electron chi connectivity index (χ2n) is 3.75. The van der Waals surface area contributed by atoms with Gasteiger partial charge in [0.15, 0.2) is 4.90 Å². The van der Waals surface area contributed by atoms with Crippen molar-refractivity contribution in [1.82, 2.24) is 4.72 Å². The third-order valence-electron chi connectivity index (χ3n) is 2.21. The molecule has 0 saturated carbocycles. The summed E-state index contributed by atoms with van der Waals surface area (Å²) in [4.78, 5) is 9.62. The second-order valence-corrected chi connectivity index (χ2v) is 6.40. The number of rotatable bonds is 5. The normalized spacial score (nSPS) is 12.7. The summed E-state index contributed by atoms with van der Waals surface area (Å²) in [5.41, 5.74) is -0.514. The molecule has 1 N–H and O–H groups in total. The molecule has 9 heteroatoms. The van der Waals surface area contributed by atoms with Gasteiger partial charge in [-0.25, -0.2) is 13.1 Å². The quantitative estimate of drug-likeness (QED) is 0.644. The van der Waals surface area contributed by atoms with Crippen molar-refractivity contribution in [3.05, 3.63) is 32.8 Å². The van der Waals surface area contributed by atoms with Crippen molar-refractivity contribution in [3.8, 4) is 6.07 Å². The summed E-state index contributed by atoms with van der Waals surface area (Å²) >= 11 is 3.06. The van der Waals surface area contributed by atoms with Crippen molar-refractivity contribution in [2.75, 3.05) is 6.54 Å². The Hall–Kier alpha value is -1.50. The van der Waals surface area contributed by atoms with E-state index in [9.17, 15) is 18.5 Å². The van der Waals surface area contributed by atoms with Crippen molar-refractivity contribution >= 4 is 31.6 Å². The van der Waals surface area contributed by atoms with E-state index in [1.165, 1.54) is 13.0 Å². The summed E-state index contributed by atoms with van der Waals surface area (Å²) in [7, 11) is -4.04. The highest BCUT2D eigenvalue weighted by Gasteiger charge is 2.26. The average Bonchev–Trinajstić information content (AvgIpc) is 2.35. The van der Waals surface area contributed by atoms with Gasteiger partial charge in [-0.15, -0.1) is 0 Å². The lowest BCUT2D eigenvalue weighted by Crippen LogP contribution is -2.28. The van der Waals surface area contributed by atoms with Crippen LogP contribution >= 0.6 is 15.9 Å². The predicted molar refractivity (Wildman–Crippen MR) is 70.8 cm³/mol. The molecule has 19 heavy (non-hydrogen) atoms. The number of nitrogens with one attached hydrogen (secondary N) is 1. The van der Waals surface area contributed by atoms with Gasteiger partial charge >= 0.3 is 0 Å². The van der Waals surface area contributed by atoms with Crippen LogP contribution in [0.4, 0.5) is 5.69 Å². The van der Waals surface area contributed by atoms with Gasteiger partial charge in [-0.3, -0.25) is 10.1 Å². The molecule has 0 spiro atoms. The molecule has 0 amide bonds. The lowest BCUT2D eigenvalue weighted by Gasteiger charge is -2.08.